The van der Waals surface area contributed by atoms with Crippen molar-refractivity contribution in [2.75, 3.05) is 11.9 Å². The van der Waals surface area contributed by atoms with Crippen molar-refractivity contribution in [2.45, 2.75) is 20.8 Å². The normalized spacial score (nSPS) is 10.7. The lowest BCUT2D eigenvalue weighted by Crippen LogP contribution is -2.10. The lowest BCUT2D eigenvalue weighted by Gasteiger charge is -2.06. The molecule has 0 spiro atoms. The largest absolute Gasteiger partial charge is 0.478 e. The topological polar surface area (TPSA) is 123 Å². The number of nitrogens with one attached hydrogen (secondary N) is 1. The molecule has 2 aromatic rings. The van der Waals surface area contributed by atoms with Gasteiger partial charge in [-0.3, -0.25) is 4.79 Å². The average molecular weight is 358 g/mol. The highest BCUT2D eigenvalue weighted by Gasteiger charge is 2.20. The molecule has 2 N–H and O–H groups in total. The second-order valence-corrected chi connectivity index (χ2v) is 5.24. The van der Waals surface area contributed by atoms with Crippen LogP contribution in [0, 0.1) is 13.8 Å². The standard InChI is InChI=1S/C17H18N4O5/c1-4-26-17(25)16-10(2)20-21(11(16)3)13-6-5-12(9-18-13)19-14(22)7-8-15(23)24/h5-9H,4H2,1-3H3,(H,19,22)(H,23,24)/b8-7+. The van der Waals surface area contributed by atoms with Crippen molar-refractivity contribution in [3.05, 3.63) is 47.4 Å². The minimum absolute atomic E-state index is 0.270. The summed E-state index contributed by atoms with van der Waals surface area (Å²) in [6, 6.07) is 3.21. The summed E-state index contributed by atoms with van der Waals surface area (Å²) in [6.45, 7) is 5.44. The molecule has 0 radical (unpaired) electrons. The second kappa shape index (κ2) is 8.06. The van der Waals surface area contributed by atoms with Gasteiger partial charge in [-0.05, 0) is 32.9 Å². The Morgan fingerprint density at radius 3 is 2.58 bits per heavy atom. The van der Waals surface area contributed by atoms with Gasteiger partial charge >= 0.3 is 11.9 Å². The number of pyridine rings is 1. The zero-order valence-corrected chi connectivity index (χ0v) is 14.5. The molecular weight excluding hydrogens is 340 g/mol. The molecule has 2 rings (SSSR count). The lowest BCUT2D eigenvalue weighted by atomic mass is 10.2. The Hall–Kier alpha value is -3.49. The van der Waals surface area contributed by atoms with Gasteiger partial charge in [-0.25, -0.2) is 19.3 Å². The van der Waals surface area contributed by atoms with Crippen LogP contribution in [0.5, 0.6) is 0 Å². The molecule has 9 heteroatoms. The minimum atomic E-state index is -1.21. The summed E-state index contributed by atoms with van der Waals surface area (Å²) >= 11 is 0. The van der Waals surface area contributed by atoms with Crippen LogP contribution in [0.2, 0.25) is 0 Å². The Balaban J connectivity index is 2.21. The van der Waals surface area contributed by atoms with Crippen molar-refractivity contribution in [3.63, 3.8) is 0 Å². The molecule has 0 saturated carbocycles. The molecule has 0 aromatic carbocycles. The molecule has 0 fully saturated rings. The van der Waals surface area contributed by atoms with E-state index in [1.807, 2.05) is 0 Å². The minimum Gasteiger partial charge on any atom is -0.478 e. The zero-order valence-electron chi connectivity index (χ0n) is 14.5. The van der Waals surface area contributed by atoms with Crippen LogP contribution in [0.1, 0.15) is 28.7 Å². The van der Waals surface area contributed by atoms with E-state index in [1.54, 1.807) is 32.9 Å². The highest BCUT2D eigenvalue weighted by atomic mass is 16.5. The number of hydrogen-bond donors (Lipinski definition) is 2. The number of rotatable bonds is 6. The van der Waals surface area contributed by atoms with Crippen LogP contribution in [0.4, 0.5) is 5.69 Å². The van der Waals surface area contributed by atoms with Crippen LogP contribution in [-0.4, -0.2) is 44.3 Å². The Labute approximate surface area is 149 Å². The number of ether oxygens (including phenoxy) is 1. The number of carbonyl (C=O) groups is 3. The fourth-order valence-electron chi connectivity index (χ4n) is 2.28. The van der Waals surface area contributed by atoms with Crippen LogP contribution >= 0.6 is 0 Å². The third-order valence-electron chi connectivity index (χ3n) is 3.38. The summed E-state index contributed by atoms with van der Waals surface area (Å²) in [5.41, 5.74) is 1.90. The maximum absolute atomic E-state index is 12.0. The number of aromatic nitrogens is 3. The fraction of sp³-hybridized carbons (Fsp3) is 0.235. The molecule has 0 unspecified atom stereocenters. The molecule has 0 saturated heterocycles. The maximum Gasteiger partial charge on any atom is 0.341 e. The SMILES string of the molecule is CCOC(=O)c1c(C)nn(-c2ccc(NC(=O)/C=C/C(=O)O)cn2)c1C. The van der Waals surface area contributed by atoms with Crippen LogP contribution in [0.15, 0.2) is 30.5 Å². The number of aryl methyl sites for hydroxylation is 1. The highest BCUT2D eigenvalue weighted by molar-refractivity contribution is 6.02. The lowest BCUT2D eigenvalue weighted by molar-refractivity contribution is -0.131. The van der Waals surface area contributed by atoms with E-state index >= 15 is 0 Å². The predicted molar refractivity (Wildman–Crippen MR) is 92.2 cm³/mol. The van der Waals surface area contributed by atoms with Crippen molar-refractivity contribution in [1.82, 2.24) is 14.8 Å². The molecule has 0 aliphatic rings. The molecule has 9 nitrogen and oxygen atoms in total. The Kier molecular flexibility index (Phi) is 5.84. The molecule has 0 bridgehead atoms. The van der Waals surface area contributed by atoms with E-state index in [1.165, 1.54) is 10.9 Å². The van der Waals surface area contributed by atoms with E-state index in [0.717, 1.165) is 12.2 Å². The predicted octanol–water partition coefficient (Wildman–Crippen LogP) is 1.64. The third kappa shape index (κ3) is 4.32. The number of hydrogen-bond acceptors (Lipinski definition) is 6. The van der Waals surface area contributed by atoms with E-state index < -0.39 is 17.8 Å². The van der Waals surface area contributed by atoms with E-state index in [9.17, 15) is 14.4 Å². The van der Waals surface area contributed by atoms with Gasteiger partial charge in [-0.2, -0.15) is 5.10 Å². The van der Waals surface area contributed by atoms with Crippen LogP contribution in [-0.2, 0) is 14.3 Å². The van der Waals surface area contributed by atoms with Gasteiger partial charge < -0.3 is 15.2 Å². The number of aliphatic carboxylic acids is 1. The molecule has 26 heavy (non-hydrogen) atoms. The van der Waals surface area contributed by atoms with Crippen molar-refractivity contribution in [2.24, 2.45) is 0 Å². The van der Waals surface area contributed by atoms with Crippen molar-refractivity contribution in [1.29, 1.82) is 0 Å². The van der Waals surface area contributed by atoms with Gasteiger partial charge in [-0.15, -0.1) is 0 Å². The first kappa shape index (κ1) is 18.8. The number of nitrogens with zero attached hydrogens (tertiary/aromatic N) is 3. The summed E-state index contributed by atoms with van der Waals surface area (Å²) < 4.78 is 6.54. The number of amides is 1. The number of carboxylic acids is 1. The fourth-order valence-corrected chi connectivity index (χ4v) is 2.28. The monoisotopic (exact) mass is 358 g/mol. The molecule has 2 heterocycles. The summed E-state index contributed by atoms with van der Waals surface area (Å²) in [4.78, 5) is 38.2. The van der Waals surface area contributed by atoms with Crippen LogP contribution in [0.3, 0.4) is 0 Å². The van der Waals surface area contributed by atoms with Gasteiger partial charge in [0.1, 0.15) is 5.56 Å². The van der Waals surface area contributed by atoms with Gasteiger partial charge in [0.15, 0.2) is 5.82 Å². The summed E-state index contributed by atoms with van der Waals surface area (Å²) in [5, 5.41) is 15.3. The van der Waals surface area contributed by atoms with Gasteiger partial charge in [0.2, 0.25) is 5.91 Å². The summed E-state index contributed by atoms with van der Waals surface area (Å²) in [6.07, 6.45) is 3.05. The molecular formula is C17H18N4O5. The van der Waals surface area contributed by atoms with E-state index in [0.29, 0.717) is 28.5 Å². The van der Waals surface area contributed by atoms with Crippen LogP contribution < -0.4 is 5.32 Å². The number of carboxylic acid groups (broad SMARTS) is 1. The van der Waals surface area contributed by atoms with Gasteiger partial charge in [0.25, 0.3) is 0 Å². The highest BCUT2D eigenvalue weighted by Crippen LogP contribution is 2.18. The van der Waals surface area contributed by atoms with Crippen LogP contribution in [0.25, 0.3) is 5.82 Å². The molecule has 0 aliphatic heterocycles. The quantitative estimate of drug-likeness (QED) is 0.594. The van der Waals surface area contributed by atoms with Gasteiger partial charge in [-0.1, -0.05) is 0 Å². The zero-order chi connectivity index (χ0) is 19.3. The molecule has 0 atom stereocenters. The Bertz CT molecular complexity index is 868. The molecule has 0 aliphatic carbocycles. The van der Waals surface area contributed by atoms with Crippen molar-refractivity contribution in [3.8, 4) is 5.82 Å². The smallest absolute Gasteiger partial charge is 0.341 e. The molecule has 1 amide bonds. The van der Waals surface area contributed by atoms with E-state index in [2.05, 4.69) is 15.4 Å². The Morgan fingerprint density at radius 2 is 2.00 bits per heavy atom. The first-order chi connectivity index (χ1) is 12.3. The molecule has 136 valence electrons. The number of esters is 1. The van der Waals surface area contributed by atoms with E-state index in [-0.39, 0.29) is 6.61 Å². The van der Waals surface area contributed by atoms with Gasteiger partial charge in [0.05, 0.1) is 29.9 Å². The van der Waals surface area contributed by atoms with E-state index in [4.69, 9.17) is 9.84 Å². The number of anilines is 1. The molecule has 2 aromatic heterocycles. The van der Waals surface area contributed by atoms with Crippen molar-refractivity contribution >= 4 is 23.5 Å². The summed E-state index contributed by atoms with van der Waals surface area (Å²) in [5.74, 6) is -1.78. The second-order valence-electron chi connectivity index (χ2n) is 5.24. The van der Waals surface area contributed by atoms with Crippen molar-refractivity contribution < 1.29 is 24.2 Å². The first-order valence-corrected chi connectivity index (χ1v) is 7.75. The third-order valence-corrected chi connectivity index (χ3v) is 3.38. The van der Waals surface area contributed by atoms with Gasteiger partial charge in [0, 0.05) is 12.2 Å². The first-order valence-electron chi connectivity index (χ1n) is 7.75. The average Bonchev–Trinajstić information content (AvgIpc) is 2.88. The number of carbonyl (C=O) groups excluding carboxylic acids is 2. The summed E-state index contributed by atoms with van der Waals surface area (Å²) in [7, 11) is 0. The Morgan fingerprint density at radius 1 is 1.27 bits per heavy atom. The maximum atomic E-state index is 12.0.